The summed E-state index contributed by atoms with van der Waals surface area (Å²) in [4.78, 5) is 22.9. The molecule has 2 rings (SSSR count). The zero-order valence-corrected chi connectivity index (χ0v) is 13.4. The van der Waals surface area contributed by atoms with Crippen molar-refractivity contribution in [3.8, 4) is 0 Å². The summed E-state index contributed by atoms with van der Waals surface area (Å²) in [5.41, 5.74) is -0.776. The molecule has 0 radical (unpaired) electrons. The molecule has 5 nitrogen and oxygen atoms in total. The molecule has 0 fully saturated rings. The number of benzene rings is 2. The largest absolute Gasteiger partial charge is 0.480 e. The molecule has 2 aromatic carbocycles. The Morgan fingerprint density at radius 2 is 1.44 bits per heavy atom. The molecule has 27 heavy (non-hydrogen) atoms. The van der Waals surface area contributed by atoms with Crippen molar-refractivity contribution in [2.45, 2.75) is 19.1 Å². The van der Waals surface area contributed by atoms with E-state index in [4.69, 9.17) is 9.84 Å². The Morgan fingerprint density at radius 1 is 0.926 bits per heavy atom. The summed E-state index contributed by atoms with van der Waals surface area (Å²) in [7, 11) is 0. The fourth-order valence-corrected chi connectivity index (χ4v) is 2.14. The average Bonchev–Trinajstić information content (AvgIpc) is 2.66. The van der Waals surface area contributed by atoms with Gasteiger partial charge in [-0.3, -0.25) is 0 Å². The quantitative estimate of drug-likeness (QED) is 0.452. The van der Waals surface area contributed by atoms with Crippen molar-refractivity contribution < 1.29 is 41.4 Å². The van der Waals surface area contributed by atoms with Crippen LogP contribution in [0.1, 0.15) is 11.1 Å². The number of aliphatic carboxylic acids is 1. The number of nitrogens with one attached hydrogen (secondary N) is 1. The second-order valence-corrected chi connectivity index (χ2v) is 5.35. The van der Waals surface area contributed by atoms with Gasteiger partial charge in [0.2, 0.25) is 5.82 Å². The number of carbonyl (C=O) groups excluding carboxylic acids is 1. The van der Waals surface area contributed by atoms with Crippen LogP contribution in [0.25, 0.3) is 0 Å². The van der Waals surface area contributed by atoms with Crippen LogP contribution in [0.15, 0.2) is 30.3 Å². The Bertz CT molecular complexity index is 831. The summed E-state index contributed by atoms with van der Waals surface area (Å²) in [5, 5.41) is 10.9. The number of amides is 1. The van der Waals surface area contributed by atoms with Crippen LogP contribution >= 0.6 is 0 Å². The number of halogens is 5. The molecule has 2 aromatic rings. The topological polar surface area (TPSA) is 75.6 Å². The predicted octanol–water partition coefficient (Wildman–Crippen LogP) is 3.30. The van der Waals surface area contributed by atoms with E-state index in [1.165, 1.54) is 0 Å². The van der Waals surface area contributed by atoms with E-state index in [0.29, 0.717) is 5.56 Å². The fraction of sp³-hybridized carbons (Fsp3) is 0.176. The highest BCUT2D eigenvalue weighted by molar-refractivity contribution is 5.80. The summed E-state index contributed by atoms with van der Waals surface area (Å²) in [6.45, 7) is -0.221. The van der Waals surface area contributed by atoms with Gasteiger partial charge in [-0.2, -0.15) is 0 Å². The number of carboxylic acid groups (broad SMARTS) is 1. The smallest absolute Gasteiger partial charge is 0.408 e. The lowest BCUT2D eigenvalue weighted by Crippen LogP contribution is -2.43. The van der Waals surface area contributed by atoms with Crippen LogP contribution in [0.2, 0.25) is 0 Å². The minimum Gasteiger partial charge on any atom is -0.480 e. The molecule has 0 aliphatic heterocycles. The van der Waals surface area contributed by atoms with Gasteiger partial charge < -0.3 is 15.2 Å². The van der Waals surface area contributed by atoms with E-state index in [9.17, 15) is 31.5 Å². The molecule has 0 aromatic heterocycles. The molecular weight excluding hydrogens is 377 g/mol. The van der Waals surface area contributed by atoms with Crippen LogP contribution < -0.4 is 5.32 Å². The van der Waals surface area contributed by atoms with Crippen molar-refractivity contribution in [3.63, 3.8) is 0 Å². The van der Waals surface area contributed by atoms with Crippen molar-refractivity contribution in [2.24, 2.45) is 0 Å². The normalized spacial score (nSPS) is 11.7. The third-order valence-corrected chi connectivity index (χ3v) is 3.51. The lowest BCUT2D eigenvalue weighted by atomic mass is 10.0. The first-order valence-corrected chi connectivity index (χ1v) is 7.42. The summed E-state index contributed by atoms with van der Waals surface area (Å²) in [5.74, 6) is -12.9. The third kappa shape index (κ3) is 4.72. The minimum absolute atomic E-state index is 0.221. The van der Waals surface area contributed by atoms with Crippen molar-refractivity contribution in [2.75, 3.05) is 0 Å². The van der Waals surface area contributed by atoms with Gasteiger partial charge in [0, 0.05) is 12.0 Å². The Kier molecular flexibility index (Phi) is 6.32. The van der Waals surface area contributed by atoms with E-state index in [1.807, 2.05) is 5.32 Å². The van der Waals surface area contributed by atoms with E-state index in [0.717, 1.165) is 0 Å². The average molecular weight is 389 g/mol. The SMILES string of the molecule is O=C(NC(Cc1c(F)c(F)c(F)c(F)c1F)C(=O)O)OCc1ccccc1. The van der Waals surface area contributed by atoms with Crippen LogP contribution in [0, 0.1) is 29.1 Å². The lowest BCUT2D eigenvalue weighted by Gasteiger charge is -2.16. The highest BCUT2D eigenvalue weighted by Gasteiger charge is 2.30. The first-order chi connectivity index (χ1) is 12.7. The molecule has 2 N–H and O–H groups in total. The minimum atomic E-state index is -2.36. The summed E-state index contributed by atoms with van der Waals surface area (Å²) >= 11 is 0. The predicted molar refractivity (Wildman–Crippen MR) is 81.1 cm³/mol. The second-order valence-electron chi connectivity index (χ2n) is 5.35. The van der Waals surface area contributed by atoms with Crippen LogP contribution in [0.3, 0.4) is 0 Å². The highest BCUT2D eigenvalue weighted by Crippen LogP contribution is 2.24. The van der Waals surface area contributed by atoms with Crippen LogP contribution in [0.5, 0.6) is 0 Å². The molecule has 0 spiro atoms. The lowest BCUT2D eigenvalue weighted by molar-refractivity contribution is -0.139. The van der Waals surface area contributed by atoms with Gasteiger partial charge in [0.1, 0.15) is 12.6 Å². The molecular formula is C17H12F5NO4. The highest BCUT2D eigenvalue weighted by atomic mass is 19.2. The van der Waals surface area contributed by atoms with Crippen molar-refractivity contribution in [3.05, 3.63) is 70.5 Å². The molecule has 0 heterocycles. The second kappa shape index (κ2) is 8.47. The van der Waals surface area contributed by atoms with Gasteiger partial charge in [-0.15, -0.1) is 0 Å². The number of carboxylic acids is 1. The van der Waals surface area contributed by atoms with Gasteiger partial charge in [-0.05, 0) is 5.56 Å². The number of alkyl carbamates (subject to hydrolysis) is 1. The van der Waals surface area contributed by atoms with Gasteiger partial charge >= 0.3 is 12.1 Å². The van der Waals surface area contributed by atoms with E-state index in [1.54, 1.807) is 30.3 Å². The molecule has 1 atom stereocenters. The molecule has 0 bridgehead atoms. The van der Waals surface area contributed by atoms with E-state index < -0.39 is 59.2 Å². The van der Waals surface area contributed by atoms with Gasteiger partial charge in [0.25, 0.3) is 0 Å². The summed E-state index contributed by atoms with van der Waals surface area (Å²) in [6.07, 6.45) is -2.42. The molecule has 10 heteroatoms. The summed E-state index contributed by atoms with van der Waals surface area (Å²) < 4.78 is 71.6. The maximum absolute atomic E-state index is 13.7. The first-order valence-electron chi connectivity index (χ1n) is 7.42. The number of hydrogen-bond acceptors (Lipinski definition) is 3. The van der Waals surface area contributed by atoms with E-state index in [2.05, 4.69) is 0 Å². The maximum atomic E-state index is 13.7. The van der Waals surface area contributed by atoms with Gasteiger partial charge in [0.05, 0.1) is 0 Å². The first kappa shape index (κ1) is 20.1. The molecule has 0 saturated carbocycles. The zero-order valence-electron chi connectivity index (χ0n) is 13.4. The molecule has 0 saturated heterocycles. The Balaban J connectivity index is 2.12. The Hall–Kier alpha value is -3.17. The van der Waals surface area contributed by atoms with Gasteiger partial charge in [-0.1, -0.05) is 30.3 Å². The van der Waals surface area contributed by atoms with E-state index >= 15 is 0 Å². The fourth-order valence-electron chi connectivity index (χ4n) is 2.14. The van der Waals surface area contributed by atoms with Gasteiger partial charge in [0.15, 0.2) is 23.3 Å². The zero-order chi connectivity index (χ0) is 20.1. The Labute approximate surface area is 149 Å². The molecule has 144 valence electrons. The van der Waals surface area contributed by atoms with E-state index in [-0.39, 0.29) is 6.61 Å². The summed E-state index contributed by atoms with van der Waals surface area (Å²) in [6, 6.07) is 6.31. The Morgan fingerprint density at radius 3 is 1.96 bits per heavy atom. The molecule has 1 amide bonds. The monoisotopic (exact) mass is 389 g/mol. The van der Waals surface area contributed by atoms with Crippen LogP contribution in [0.4, 0.5) is 26.7 Å². The number of carbonyl (C=O) groups is 2. The maximum Gasteiger partial charge on any atom is 0.408 e. The van der Waals surface area contributed by atoms with Crippen molar-refractivity contribution in [1.82, 2.24) is 5.32 Å². The third-order valence-electron chi connectivity index (χ3n) is 3.51. The molecule has 0 aliphatic carbocycles. The number of hydrogen-bond donors (Lipinski definition) is 2. The number of rotatable bonds is 6. The molecule has 1 unspecified atom stereocenters. The van der Waals surface area contributed by atoms with Crippen molar-refractivity contribution >= 4 is 12.1 Å². The number of ether oxygens (including phenoxy) is 1. The standard InChI is InChI=1S/C17H12F5NO4/c18-11-9(12(19)14(21)15(22)13(11)20)6-10(16(24)25)23-17(26)27-7-8-4-2-1-3-5-8/h1-5,10H,6-7H2,(H,23,26)(H,24,25). The molecule has 0 aliphatic rings. The van der Waals surface area contributed by atoms with Crippen molar-refractivity contribution in [1.29, 1.82) is 0 Å². The van der Waals surface area contributed by atoms with Crippen LogP contribution in [-0.2, 0) is 22.6 Å². The van der Waals surface area contributed by atoms with Crippen LogP contribution in [-0.4, -0.2) is 23.2 Å². The van der Waals surface area contributed by atoms with Gasteiger partial charge in [-0.25, -0.2) is 31.5 Å².